The van der Waals surface area contributed by atoms with Gasteiger partial charge in [0.25, 0.3) is 5.91 Å². The zero-order chi connectivity index (χ0) is 30.0. The van der Waals surface area contributed by atoms with Gasteiger partial charge in [0.2, 0.25) is 5.95 Å². The second kappa shape index (κ2) is 12.1. The van der Waals surface area contributed by atoms with Gasteiger partial charge in [0, 0.05) is 56.2 Å². The van der Waals surface area contributed by atoms with E-state index < -0.39 is 5.60 Å². The molecule has 11 heteroatoms. The minimum atomic E-state index is -0.568. The molecule has 224 valence electrons. The molecule has 2 fully saturated rings. The van der Waals surface area contributed by atoms with Gasteiger partial charge in [0.15, 0.2) is 0 Å². The van der Waals surface area contributed by atoms with Gasteiger partial charge in [-0.15, -0.1) is 0 Å². The Labute approximate surface area is 247 Å². The van der Waals surface area contributed by atoms with E-state index >= 15 is 0 Å². The molecule has 0 spiro atoms. The van der Waals surface area contributed by atoms with Crippen molar-refractivity contribution < 1.29 is 14.3 Å². The molecule has 2 aliphatic heterocycles. The molecule has 2 amide bonds. The van der Waals surface area contributed by atoms with Crippen LogP contribution in [0, 0.1) is 5.92 Å². The van der Waals surface area contributed by atoms with Crippen LogP contribution in [0.3, 0.4) is 0 Å². The summed E-state index contributed by atoms with van der Waals surface area (Å²) < 4.78 is 5.49. The molecular formula is C31H42N8O3. The lowest BCUT2D eigenvalue weighted by Gasteiger charge is -2.30. The fraction of sp³-hybridized carbons (Fsp3) is 0.548. The number of amides is 2. The number of pyridine rings is 2. The number of carbonyl (C=O) groups excluding carboxylic acids is 2. The Bertz CT molecular complexity index is 1450. The molecule has 5 heterocycles. The molecule has 2 N–H and O–H groups in total. The number of carbonyl (C=O) groups is 2. The number of ether oxygens (including phenoxy) is 1. The molecule has 3 aromatic rings. The van der Waals surface area contributed by atoms with Crippen LogP contribution in [-0.4, -0.2) is 74.7 Å². The topological polar surface area (TPSA) is 125 Å². The SMILES string of the molecule is CC1CCCN(c2nccc(Nc3cc4c(C(C)C)cnc(C(=O)NC5CCN(C(=O)OC(C)(C)C)C5)c4cn3)n2)C1. The van der Waals surface area contributed by atoms with Gasteiger partial charge in [0.05, 0.1) is 0 Å². The molecule has 2 saturated heterocycles. The average molecular weight is 575 g/mol. The molecule has 2 aliphatic rings. The first-order valence-electron chi connectivity index (χ1n) is 14.9. The maximum Gasteiger partial charge on any atom is 0.410 e. The molecular weight excluding hydrogens is 532 g/mol. The average Bonchev–Trinajstić information content (AvgIpc) is 3.40. The van der Waals surface area contributed by atoms with Crippen molar-refractivity contribution in [2.24, 2.45) is 5.92 Å². The summed E-state index contributed by atoms with van der Waals surface area (Å²) in [7, 11) is 0. The van der Waals surface area contributed by atoms with Crippen LogP contribution in [0.1, 0.15) is 82.8 Å². The fourth-order valence-corrected chi connectivity index (χ4v) is 5.56. The van der Waals surface area contributed by atoms with Crippen LogP contribution in [0.5, 0.6) is 0 Å². The molecule has 5 rings (SSSR count). The molecule has 2 atom stereocenters. The summed E-state index contributed by atoms with van der Waals surface area (Å²) in [4.78, 5) is 48.2. The highest BCUT2D eigenvalue weighted by Gasteiger charge is 2.31. The normalized spacial score (nSPS) is 19.3. The van der Waals surface area contributed by atoms with Crippen molar-refractivity contribution >= 4 is 40.4 Å². The van der Waals surface area contributed by atoms with Crippen molar-refractivity contribution in [3.8, 4) is 0 Å². The number of fused-ring (bicyclic) bond motifs is 1. The first-order valence-corrected chi connectivity index (χ1v) is 14.9. The molecule has 0 aliphatic carbocycles. The maximum absolute atomic E-state index is 13.4. The Kier molecular flexibility index (Phi) is 8.47. The maximum atomic E-state index is 13.4. The number of aromatic nitrogens is 4. The second-order valence-electron chi connectivity index (χ2n) is 12.8. The number of piperidine rings is 1. The van der Waals surface area contributed by atoms with Gasteiger partial charge in [-0.3, -0.25) is 9.78 Å². The van der Waals surface area contributed by atoms with Gasteiger partial charge in [-0.25, -0.2) is 14.8 Å². The van der Waals surface area contributed by atoms with Crippen molar-refractivity contribution in [1.29, 1.82) is 0 Å². The van der Waals surface area contributed by atoms with Gasteiger partial charge in [0.1, 0.15) is 22.9 Å². The summed E-state index contributed by atoms with van der Waals surface area (Å²) in [5, 5.41) is 7.98. The van der Waals surface area contributed by atoms with Crippen molar-refractivity contribution in [2.75, 3.05) is 36.4 Å². The van der Waals surface area contributed by atoms with Crippen molar-refractivity contribution in [2.45, 2.75) is 78.4 Å². The molecule has 0 radical (unpaired) electrons. The molecule has 2 unspecified atom stereocenters. The van der Waals surface area contributed by atoms with Crippen molar-refractivity contribution in [1.82, 2.24) is 30.2 Å². The fourth-order valence-electron chi connectivity index (χ4n) is 5.56. The Balaban J connectivity index is 1.34. The summed E-state index contributed by atoms with van der Waals surface area (Å²) >= 11 is 0. The van der Waals surface area contributed by atoms with Crippen molar-refractivity contribution in [3.05, 3.63) is 42.0 Å². The van der Waals surface area contributed by atoms with Crippen LogP contribution < -0.4 is 15.5 Å². The summed E-state index contributed by atoms with van der Waals surface area (Å²) in [5.41, 5.74) is 0.768. The lowest BCUT2D eigenvalue weighted by Crippen LogP contribution is -2.40. The largest absolute Gasteiger partial charge is 0.444 e. The minimum absolute atomic E-state index is 0.185. The number of hydrogen-bond donors (Lipinski definition) is 2. The third kappa shape index (κ3) is 6.88. The summed E-state index contributed by atoms with van der Waals surface area (Å²) in [5.74, 6) is 2.53. The Morgan fingerprint density at radius 2 is 1.83 bits per heavy atom. The Morgan fingerprint density at radius 1 is 1.02 bits per heavy atom. The van der Waals surface area contributed by atoms with E-state index in [0.717, 1.165) is 36.4 Å². The van der Waals surface area contributed by atoms with Gasteiger partial charge in [-0.05, 0) is 75.0 Å². The predicted molar refractivity (Wildman–Crippen MR) is 163 cm³/mol. The number of rotatable bonds is 6. The van der Waals surface area contributed by atoms with Gasteiger partial charge < -0.3 is 25.2 Å². The molecule has 0 aromatic carbocycles. The molecule has 0 saturated carbocycles. The third-order valence-corrected chi connectivity index (χ3v) is 7.65. The van der Waals surface area contributed by atoms with E-state index in [0.29, 0.717) is 48.1 Å². The zero-order valence-electron chi connectivity index (χ0n) is 25.5. The van der Waals surface area contributed by atoms with E-state index in [1.807, 2.05) is 32.9 Å². The lowest BCUT2D eigenvalue weighted by atomic mass is 9.98. The van der Waals surface area contributed by atoms with Gasteiger partial charge in [-0.2, -0.15) is 4.98 Å². The monoisotopic (exact) mass is 574 g/mol. The first kappa shape index (κ1) is 29.5. The molecule has 0 bridgehead atoms. The van der Waals surface area contributed by atoms with E-state index in [1.54, 1.807) is 23.5 Å². The smallest absolute Gasteiger partial charge is 0.410 e. The van der Waals surface area contributed by atoms with E-state index in [-0.39, 0.29) is 24.0 Å². The highest BCUT2D eigenvalue weighted by atomic mass is 16.6. The van der Waals surface area contributed by atoms with E-state index in [9.17, 15) is 9.59 Å². The first-order chi connectivity index (χ1) is 20.0. The van der Waals surface area contributed by atoms with Crippen LogP contribution in [0.15, 0.2) is 30.7 Å². The number of nitrogens with one attached hydrogen (secondary N) is 2. The number of anilines is 3. The standard InChI is InChI=1S/C31H42N8O3/c1-19(2)23-15-34-27(28(40)35-21-10-13-39(18-21)30(41)42-31(4,5)6)24-16-33-26(14-22(23)24)36-25-9-11-32-29(37-25)38-12-7-8-20(3)17-38/h9,11,14-16,19-21H,7-8,10,12-13,17-18H2,1-6H3,(H,35,40)(H,32,33,36,37). The molecule has 3 aromatic heterocycles. The van der Waals surface area contributed by atoms with Crippen LogP contribution in [0.25, 0.3) is 10.8 Å². The Morgan fingerprint density at radius 3 is 2.57 bits per heavy atom. The second-order valence-corrected chi connectivity index (χ2v) is 12.8. The highest BCUT2D eigenvalue weighted by Crippen LogP contribution is 2.29. The van der Waals surface area contributed by atoms with Gasteiger partial charge >= 0.3 is 6.09 Å². The molecule has 11 nitrogen and oxygen atoms in total. The summed E-state index contributed by atoms with van der Waals surface area (Å²) in [6, 6.07) is 3.60. The van der Waals surface area contributed by atoms with E-state index in [1.165, 1.54) is 6.42 Å². The predicted octanol–water partition coefficient (Wildman–Crippen LogP) is 5.26. The zero-order valence-corrected chi connectivity index (χ0v) is 25.5. The van der Waals surface area contributed by atoms with Crippen LogP contribution in [0.4, 0.5) is 22.4 Å². The highest BCUT2D eigenvalue weighted by molar-refractivity contribution is 6.06. The van der Waals surface area contributed by atoms with Crippen LogP contribution in [0.2, 0.25) is 0 Å². The number of likely N-dealkylation sites (tertiary alicyclic amines) is 1. The summed E-state index contributed by atoms with van der Waals surface area (Å²) in [6.45, 7) is 14.8. The Hall–Kier alpha value is -4.02. The lowest BCUT2D eigenvalue weighted by molar-refractivity contribution is 0.0290. The van der Waals surface area contributed by atoms with E-state index in [2.05, 4.69) is 51.3 Å². The number of hydrogen-bond acceptors (Lipinski definition) is 9. The number of nitrogens with zero attached hydrogens (tertiary/aromatic N) is 6. The summed E-state index contributed by atoms with van der Waals surface area (Å²) in [6.07, 6.45) is 7.89. The molecule has 42 heavy (non-hydrogen) atoms. The minimum Gasteiger partial charge on any atom is -0.444 e. The van der Waals surface area contributed by atoms with Crippen molar-refractivity contribution in [3.63, 3.8) is 0 Å². The van der Waals surface area contributed by atoms with Gasteiger partial charge in [-0.1, -0.05) is 20.8 Å². The quantitative estimate of drug-likeness (QED) is 0.405. The third-order valence-electron chi connectivity index (χ3n) is 7.65. The van der Waals surface area contributed by atoms with Crippen LogP contribution in [-0.2, 0) is 4.74 Å². The van der Waals surface area contributed by atoms with Crippen LogP contribution >= 0.6 is 0 Å². The van der Waals surface area contributed by atoms with E-state index in [4.69, 9.17) is 9.72 Å².